The van der Waals surface area contributed by atoms with E-state index in [9.17, 15) is 18.0 Å². The van der Waals surface area contributed by atoms with E-state index in [0.717, 1.165) is 0 Å². The quantitative estimate of drug-likeness (QED) is 0.775. The van der Waals surface area contributed by atoms with Crippen LogP contribution in [0.1, 0.15) is 10.4 Å². The minimum atomic E-state index is -1.19. The number of alkyl halides is 1. The molecule has 1 aromatic rings. The number of morpholine rings is 1. The maximum absolute atomic E-state index is 13.6. The van der Waals surface area contributed by atoms with E-state index >= 15 is 0 Å². The molecular weight excluding hydrogens is 327 g/mol. The lowest BCUT2D eigenvalue weighted by molar-refractivity contribution is 0.00472. The zero-order valence-electron chi connectivity index (χ0n) is 9.84. The molecule has 0 radical (unpaired) electrons. The number of amides is 1. The van der Waals surface area contributed by atoms with Gasteiger partial charge in [0.15, 0.2) is 0 Å². The van der Waals surface area contributed by atoms with Crippen molar-refractivity contribution in [1.82, 2.24) is 4.90 Å². The standard InChI is InChI=1S/C12H11BrF3NO2/c13-5-8-6-19-2-1-17(8)12(18)11-9(15)3-7(14)4-10(11)16/h3-4,8H,1-2,5-6H2. The summed E-state index contributed by atoms with van der Waals surface area (Å²) in [7, 11) is 0. The van der Waals surface area contributed by atoms with Crippen LogP contribution in [0.15, 0.2) is 12.1 Å². The second kappa shape index (κ2) is 5.92. The normalized spacial score (nSPS) is 19.6. The average molecular weight is 338 g/mol. The van der Waals surface area contributed by atoms with Crippen molar-refractivity contribution in [2.24, 2.45) is 0 Å². The number of hydrogen-bond acceptors (Lipinski definition) is 2. The van der Waals surface area contributed by atoms with Crippen molar-refractivity contribution in [1.29, 1.82) is 0 Å². The molecule has 3 nitrogen and oxygen atoms in total. The van der Waals surface area contributed by atoms with Gasteiger partial charge < -0.3 is 9.64 Å². The largest absolute Gasteiger partial charge is 0.377 e. The molecule has 0 spiro atoms. The van der Waals surface area contributed by atoms with Gasteiger partial charge in [0.1, 0.15) is 23.0 Å². The SMILES string of the molecule is O=C(c1c(F)cc(F)cc1F)N1CCOCC1CBr. The Labute approximate surface area is 116 Å². The van der Waals surface area contributed by atoms with E-state index in [1.807, 2.05) is 0 Å². The number of rotatable bonds is 2. The third-order valence-corrected chi connectivity index (χ3v) is 3.63. The number of ether oxygens (including phenoxy) is 1. The summed E-state index contributed by atoms with van der Waals surface area (Å²) in [6, 6.07) is 0.699. The summed E-state index contributed by atoms with van der Waals surface area (Å²) in [6.45, 7) is 0.840. The average Bonchev–Trinajstić information content (AvgIpc) is 2.37. The van der Waals surface area contributed by atoms with Crippen molar-refractivity contribution in [2.45, 2.75) is 6.04 Å². The summed E-state index contributed by atoms with van der Waals surface area (Å²) < 4.78 is 45.2. The van der Waals surface area contributed by atoms with E-state index in [4.69, 9.17) is 4.74 Å². The van der Waals surface area contributed by atoms with Crippen LogP contribution in [0.25, 0.3) is 0 Å². The van der Waals surface area contributed by atoms with E-state index in [2.05, 4.69) is 15.9 Å². The van der Waals surface area contributed by atoms with Crippen LogP contribution in [0, 0.1) is 17.5 Å². The maximum atomic E-state index is 13.6. The molecule has 104 valence electrons. The number of nitrogens with zero attached hydrogens (tertiary/aromatic N) is 1. The first-order valence-corrected chi connectivity index (χ1v) is 6.76. The molecular formula is C12H11BrF3NO2. The molecule has 1 aliphatic heterocycles. The molecule has 19 heavy (non-hydrogen) atoms. The van der Waals surface area contributed by atoms with Crippen molar-refractivity contribution in [3.63, 3.8) is 0 Å². The minimum Gasteiger partial charge on any atom is -0.377 e. The zero-order valence-corrected chi connectivity index (χ0v) is 11.4. The van der Waals surface area contributed by atoms with Crippen LogP contribution >= 0.6 is 15.9 Å². The highest BCUT2D eigenvalue weighted by Crippen LogP contribution is 2.20. The molecule has 1 saturated heterocycles. The summed E-state index contributed by atoms with van der Waals surface area (Å²) in [5, 5.41) is 0.434. The van der Waals surface area contributed by atoms with Crippen LogP contribution in [0.4, 0.5) is 13.2 Å². The molecule has 7 heteroatoms. The smallest absolute Gasteiger partial charge is 0.260 e. The fourth-order valence-electron chi connectivity index (χ4n) is 1.94. The lowest BCUT2D eigenvalue weighted by Gasteiger charge is -2.34. The van der Waals surface area contributed by atoms with Crippen molar-refractivity contribution in [2.75, 3.05) is 25.1 Å². The highest BCUT2D eigenvalue weighted by atomic mass is 79.9. The van der Waals surface area contributed by atoms with Crippen molar-refractivity contribution in [3.8, 4) is 0 Å². The molecule has 0 bridgehead atoms. The summed E-state index contributed by atoms with van der Waals surface area (Å²) in [5.41, 5.74) is -0.728. The number of benzene rings is 1. The van der Waals surface area contributed by atoms with Crippen LogP contribution in [-0.2, 0) is 4.74 Å². The Balaban J connectivity index is 2.33. The second-order valence-corrected chi connectivity index (χ2v) is 4.77. The molecule has 1 amide bonds. The third kappa shape index (κ3) is 2.92. The van der Waals surface area contributed by atoms with E-state index in [1.54, 1.807) is 0 Å². The van der Waals surface area contributed by atoms with Crippen LogP contribution in [0.3, 0.4) is 0 Å². The Bertz CT molecular complexity index is 475. The van der Waals surface area contributed by atoms with Gasteiger partial charge in [0.05, 0.1) is 19.3 Å². The first-order chi connectivity index (χ1) is 9.04. The summed E-state index contributed by atoms with van der Waals surface area (Å²) in [4.78, 5) is 13.5. The van der Waals surface area contributed by atoms with Crippen LogP contribution < -0.4 is 0 Å². The number of halogens is 4. The van der Waals surface area contributed by atoms with Crippen LogP contribution in [0.5, 0.6) is 0 Å². The molecule has 1 aliphatic rings. The molecule has 1 unspecified atom stereocenters. The molecule has 0 aliphatic carbocycles. The van der Waals surface area contributed by atoms with Gasteiger partial charge in [-0.25, -0.2) is 13.2 Å². The van der Waals surface area contributed by atoms with Crippen LogP contribution in [-0.4, -0.2) is 41.9 Å². The molecule has 0 N–H and O–H groups in total. The second-order valence-electron chi connectivity index (χ2n) is 4.13. The number of carbonyl (C=O) groups excluding carboxylic acids is 1. The number of hydrogen-bond donors (Lipinski definition) is 0. The Morgan fingerprint density at radius 2 is 2.00 bits per heavy atom. The Hall–Kier alpha value is -1.08. The summed E-state index contributed by atoms with van der Waals surface area (Å²) in [6.07, 6.45) is 0. The number of carbonyl (C=O) groups is 1. The van der Waals surface area contributed by atoms with Crippen molar-refractivity contribution >= 4 is 21.8 Å². The molecule has 1 aromatic carbocycles. The first-order valence-electron chi connectivity index (χ1n) is 5.63. The Morgan fingerprint density at radius 3 is 2.58 bits per heavy atom. The molecule has 1 fully saturated rings. The highest BCUT2D eigenvalue weighted by molar-refractivity contribution is 9.09. The first kappa shape index (κ1) is 14.3. The van der Waals surface area contributed by atoms with Gasteiger partial charge in [0.25, 0.3) is 5.91 Å². The van der Waals surface area contributed by atoms with Gasteiger partial charge in [-0.05, 0) is 0 Å². The van der Waals surface area contributed by atoms with Crippen molar-refractivity contribution in [3.05, 3.63) is 35.1 Å². The molecule has 2 rings (SSSR count). The molecule has 1 atom stereocenters. The van der Waals surface area contributed by atoms with Gasteiger partial charge in [-0.2, -0.15) is 0 Å². The maximum Gasteiger partial charge on any atom is 0.260 e. The molecule has 0 aromatic heterocycles. The lowest BCUT2D eigenvalue weighted by atomic mass is 10.1. The van der Waals surface area contributed by atoms with E-state index in [0.29, 0.717) is 30.7 Å². The third-order valence-electron chi connectivity index (χ3n) is 2.89. The monoisotopic (exact) mass is 337 g/mol. The summed E-state index contributed by atoms with van der Waals surface area (Å²) >= 11 is 3.22. The van der Waals surface area contributed by atoms with E-state index in [1.165, 1.54) is 4.90 Å². The molecule has 1 heterocycles. The lowest BCUT2D eigenvalue weighted by Crippen LogP contribution is -2.50. The van der Waals surface area contributed by atoms with Crippen molar-refractivity contribution < 1.29 is 22.7 Å². The minimum absolute atomic E-state index is 0.241. The van der Waals surface area contributed by atoms with Gasteiger partial charge in [-0.15, -0.1) is 0 Å². The predicted molar refractivity (Wildman–Crippen MR) is 65.8 cm³/mol. The van der Waals surface area contributed by atoms with E-state index < -0.39 is 28.9 Å². The predicted octanol–water partition coefficient (Wildman–Crippen LogP) is 2.34. The Morgan fingerprint density at radius 1 is 1.37 bits per heavy atom. The van der Waals surface area contributed by atoms with E-state index in [-0.39, 0.29) is 12.6 Å². The Kier molecular flexibility index (Phi) is 4.46. The van der Waals surface area contributed by atoms with Gasteiger partial charge in [0.2, 0.25) is 0 Å². The van der Waals surface area contributed by atoms with Gasteiger partial charge in [0, 0.05) is 24.0 Å². The summed E-state index contributed by atoms with van der Waals surface area (Å²) in [5.74, 6) is -4.22. The fourth-order valence-corrected chi connectivity index (χ4v) is 2.48. The van der Waals surface area contributed by atoms with Gasteiger partial charge >= 0.3 is 0 Å². The van der Waals surface area contributed by atoms with Crippen LogP contribution in [0.2, 0.25) is 0 Å². The zero-order chi connectivity index (χ0) is 14.0. The fraction of sp³-hybridized carbons (Fsp3) is 0.417. The topological polar surface area (TPSA) is 29.5 Å². The van der Waals surface area contributed by atoms with Gasteiger partial charge in [-0.3, -0.25) is 4.79 Å². The van der Waals surface area contributed by atoms with Gasteiger partial charge in [-0.1, -0.05) is 15.9 Å². The highest BCUT2D eigenvalue weighted by Gasteiger charge is 2.31. The molecule has 0 saturated carbocycles.